The third-order valence-corrected chi connectivity index (χ3v) is 5.53. The Morgan fingerprint density at radius 2 is 1.44 bits per heavy atom. The van der Waals surface area contributed by atoms with Gasteiger partial charge in [0.2, 0.25) is 0 Å². The van der Waals surface area contributed by atoms with E-state index in [0.717, 1.165) is 16.9 Å². The maximum atomic E-state index is 12.3. The molecule has 0 unspecified atom stereocenters. The van der Waals surface area contributed by atoms with Gasteiger partial charge in [-0.3, -0.25) is 0 Å². The lowest BCUT2D eigenvalue weighted by Gasteiger charge is -2.22. The van der Waals surface area contributed by atoms with Gasteiger partial charge in [0, 0.05) is 11.0 Å². The largest absolute Gasteiger partial charge is 0.496 e. The minimum atomic E-state index is -0.353. The fraction of sp³-hybridized carbons (Fsp3) is 0.208. The molecule has 0 saturated carbocycles. The number of esters is 1. The van der Waals surface area contributed by atoms with Gasteiger partial charge in [0.1, 0.15) is 5.75 Å². The number of carbonyl (C=O) groups is 1. The number of fused-ring (bicyclic) bond motifs is 3. The van der Waals surface area contributed by atoms with Crippen molar-refractivity contribution in [2.45, 2.75) is 19.3 Å². The number of benzene rings is 3. The van der Waals surface area contributed by atoms with Crippen LogP contribution < -0.4 is 4.74 Å². The molecule has 0 amide bonds. The molecule has 0 heterocycles. The SMILES string of the molecule is COC(=O)c1ccccc1-c1cc2c(cc1OC)C(C)(C)c1ccccc1-2. The third kappa shape index (κ3) is 2.54. The second-order valence-electron chi connectivity index (χ2n) is 7.31. The Bertz CT molecular complexity index is 1050. The van der Waals surface area contributed by atoms with E-state index >= 15 is 0 Å². The molecule has 3 aromatic rings. The van der Waals surface area contributed by atoms with Crippen LogP contribution in [0.25, 0.3) is 22.3 Å². The zero-order valence-corrected chi connectivity index (χ0v) is 16.0. The first-order valence-electron chi connectivity index (χ1n) is 8.99. The Morgan fingerprint density at radius 3 is 2.15 bits per heavy atom. The fourth-order valence-electron chi connectivity index (χ4n) is 4.11. The smallest absolute Gasteiger partial charge is 0.338 e. The van der Waals surface area contributed by atoms with Gasteiger partial charge in [0.05, 0.1) is 19.8 Å². The maximum Gasteiger partial charge on any atom is 0.338 e. The minimum absolute atomic E-state index is 0.0976. The van der Waals surface area contributed by atoms with Crippen LogP contribution in [0.1, 0.15) is 35.3 Å². The summed E-state index contributed by atoms with van der Waals surface area (Å²) < 4.78 is 10.7. The zero-order chi connectivity index (χ0) is 19.2. The zero-order valence-electron chi connectivity index (χ0n) is 16.0. The van der Waals surface area contributed by atoms with Crippen molar-refractivity contribution >= 4 is 5.97 Å². The molecule has 0 spiro atoms. The summed E-state index contributed by atoms with van der Waals surface area (Å²) in [7, 11) is 3.07. The highest BCUT2D eigenvalue weighted by Gasteiger charge is 2.36. The Balaban J connectivity index is 2.01. The van der Waals surface area contributed by atoms with Crippen LogP contribution in [0.4, 0.5) is 0 Å². The second-order valence-corrected chi connectivity index (χ2v) is 7.31. The molecule has 136 valence electrons. The molecule has 3 aromatic carbocycles. The summed E-state index contributed by atoms with van der Waals surface area (Å²) in [6.45, 7) is 4.47. The molecular weight excluding hydrogens is 336 g/mol. The van der Waals surface area contributed by atoms with Gasteiger partial charge >= 0.3 is 5.97 Å². The molecule has 0 bridgehead atoms. The number of rotatable bonds is 3. The van der Waals surface area contributed by atoms with Crippen molar-refractivity contribution in [2.24, 2.45) is 0 Å². The average molecular weight is 358 g/mol. The first-order chi connectivity index (χ1) is 13.0. The predicted octanol–water partition coefficient (Wildman–Crippen LogP) is 5.46. The molecule has 4 rings (SSSR count). The summed E-state index contributed by atoms with van der Waals surface area (Å²) in [5.74, 6) is 0.403. The quantitative estimate of drug-likeness (QED) is 0.584. The standard InChI is InChI=1S/C24H22O3/c1-24(2)20-12-8-7-10-16(20)18-13-19(22(26-3)14-21(18)24)15-9-5-6-11-17(15)23(25)27-4/h5-14H,1-4H3. The van der Waals surface area contributed by atoms with Crippen molar-refractivity contribution in [3.8, 4) is 28.0 Å². The van der Waals surface area contributed by atoms with Gasteiger partial charge in [0.15, 0.2) is 0 Å². The molecule has 0 aromatic heterocycles. The number of ether oxygens (including phenoxy) is 2. The molecule has 0 radical (unpaired) electrons. The van der Waals surface area contributed by atoms with Crippen molar-refractivity contribution in [3.05, 3.63) is 77.4 Å². The summed E-state index contributed by atoms with van der Waals surface area (Å²) in [6.07, 6.45) is 0. The van der Waals surface area contributed by atoms with Gasteiger partial charge in [-0.15, -0.1) is 0 Å². The van der Waals surface area contributed by atoms with Gasteiger partial charge in [-0.05, 0) is 46.0 Å². The molecule has 0 fully saturated rings. The van der Waals surface area contributed by atoms with Crippen molar-refractivity contribution < 1.29 is 14.3 Å². The molecule has 0 aliphatic heterocycles. The van der Waals surface area contributed by atoms with E-state index in [1.54, 1.807) is 13.2 Å². The summed E-state index contributed by atoms with van der Waals surface area (Å²) in [5.41, 5.74) is 7.10. The highest BCUT2D eigenvalue weighted by molar-refractivity contribution is 5.99. The van der Waals surface area contributed by atoms with E-state index in [9.17, 15) is 4.79 Å². The summed E-state index contributed by atoms with van der Waals surface area (Å²) in [6, 6.07) is 20.2. The molecule has 1 aliphatic carbocycles. The summed E-state index contributed by atoms with van der Waals surface area (Å²) in [5, 5.41) is 0. The highest BCUT2D eigenvalue weighted by atomic mass is 16.5. The Morgan fingerprint density at radius 1 is 0.778 bits per heavy atom. The maximum absolute atomic E-state index is 12.3. The normalized spacial score (nSPS) is 13.6. The Kier molecular flexibility index (Phi) is 4.03. The predicted molar refractivity (Wildman–Crippen MR) is 107 cm³/mol. The topological polar surface area (TPSA) is 35.5 Å². The van der Waals surface area contributed by atoms with E-state index in [2.05, 4.69) is 50.2 Å². The summed E-state index contributed by atoms with van der Waals surface area (Å²) in [4.78, 5) is 12.3. The lowest BCUT2D eigenvalue weighted by atomic mass is 9.82. The van der Waals surface area contributed by atoms with E-state index in [0.29, 0.717) is 5.56 Å². The van der Waals surface area contributed by atoms with E-state index < -0.39 is 0 Å². The van der Waals surface area contributed by atoms with Gasteiger partial charge in [0.25, 0.3) is 0 Å². The molecule has 27 heavy (non-hydrogen) atoms. The van der Waals surface area contributed by atoms with E-state index in [4.69, 9.17) is 9.47 Å². The van der Waals surface area contributed by atoms with Crippen LogP contribution in [-0.2, 0) is 10.2 Å². The average Bonchev–Trinajstić information content (AvgIpc) is 2.93. The van der Waals surface area contributed by atoms with E-state index in [-0.39, 0.29) is 11.4 Å². The lowest BCUT2D eigenvalue weighted by Crippen LogP contribution is -2.15. The Hall–Kier alpha value is -3.07. The van der Waals surface area contributed by atoms with Crippen LogP contribution in [0.5, 0.6) is 5.75 Å². The molecule has 1 aliphatic rings. The molecule has 0 N–H and O–H groups in total. The van der Waals surface area contributed by atoms with Crippen LogP contribution in [0.3, 0.4) is 0 Å². The number of carbonyl (C=O) groups excluding carboxylic acids is 1. The van der Waals surface area contributed by atoms with Gasteiger partial charge in [-0.25, -0.2) is 4.79 Å². The van der Waals surface area contributed by atoms with Crippen LogP contribution in [0, 0.1) is 0 Å². The van der Waals surface area contributed by atoms with Gasteiger partial charge in [-0.1, -0.05) is 56.3 Å². The highest BCUT2D eigenvalue weighted by Crippen LogP contribution is 2.51. The summed E-state index contributed by atoms with van der Waals surface area (Å²) >= 11 is 0. The van der Waals surface area contributed by atoms with Crippen molar-refractivity contribution in [3.63, 3.8) is 0 Å². The second kappa shape index (κ2) is 6.27. The number of hydrogen-bond donors (Lipinski definition) is 0. The molecule has 0 saturated heterocycles. The minimum Gasteiger partial charge on any atom is -0.496 e. The molecule has 0 atom stereocenters. The number of methoxy groups -OCH3 is 2. The van der Waals surface area contributed by atoms with Crippen LogP contribution >= 0.6 is 0 Å². The van der Waals surface area contributed by atoms with E-state index in [1.807, 2.05) is 18.2 Å². The Labute approximate surface area is 159 Å². The first kappa shape index (κ1) is 17.3. The van der Waals surface area contributed by atoms with Gasteiger partial charge in [-0.2, -0.15) is 0 Å². The van der Waals surface area contributed by atoms with Gasteiger partial charge < -0.3 is 9.47 Å². The third-order valence-electron chi connectivity index (χ3n) is 5.53. The monoisotopic (exact) mass is 358 g/mol. The molecule has 3 nitrogen and oxygen atoms in total. The molecular formula is C24H22O3. The molecule has 3 heteroatoms. The lowest BCUT2D eigenvalue weighted by molar-refractivity contribution is 0.0601. The van der Waals surface area contributed by atoms with Crippen molar-refractivity contribution in [1.29, 1.82) is 0 Å². The number of hydrogen-bond acceptors (Lipinski definition) is 3. The van der Waals surface area contributed by atoms with Crippen LogP contribution in [0.15, 0.2) is 60.7 Å². The van der Waals surface area contributed by atoms with Crippen molar-refractivity contribution in [1.82, 2.24) is 0 Å². The van der Waals surface area contributed by atoms with Crippen molar-refractivity contribution in [2.75, 3.05) is 14.2 Å². The first-order valence-corrected chi connectivity index (χ1v) is 8.99. The van der Waals surface area contributed by atoms with Crippen LogP contribution in [0.2, 0.25) is 0 Å². The van der Waals surface area contributed by atoms with Crippen LogP contribution in [-0.4, -0.2) is 20.2 Å². The fourth-order valence-corrected chi connectivity index (χ4v) is 4.11. The van der Waals surface area contributed by atoms with E-state index in [1.165, 1.54) is 29.4 Å².